The second-order valence-electron chi connectivity index (χ2n) is 4.60. The van der Waals surface area contributed by atoms with E-state index in [4.69, 9.17) is 0 Å². The lowest BCUT2D eigenvalue weighted by atomic mass is 9.77. The Labute approximate surface area is 99.0 Å². The fourth-order valence-electron chi connectivity index (χ4n) is 2.55. The average Bonchev–Trinajstić information content (AvgIpc) is 2.66. The molecule has 0 unspecified atom stereocenters. The minimum atomic E-state index is -4.26. The molecule has 94 valence electrons. The summed E-state index contributed by atoms with van der Waals surface area (Å²) in [6.07, 6.45) is -2.56. The van der Waals surface area contributed by atoms with Gasteiger partial charge in [0.25, 0.3) is 0 Å². The van der Waals surface area contributed by atoms with Crippen molar-refractivity contribution in [2.45, 2.75) is 38.3 Å². The first-order valence-corrected chi connectivity index (χ1v) is 5.88. The molecule has 17 heavy (non-hydrogen) atoms. The molecule has 0 spiro atoms. The van der Waals surface area contributed by atoms with Crippen molar-refractivity contribution in [1.29, 1.82) is 0 Å². The molecule has 1 nitrogen and oxygen atoms in total. The van der Waals surface area contributed by atoms with Gasteiger partial charge in [-0.1, -0.05) is 13.8 Å². The first kappa shape index (κ1) is 12.3. The number of hydrogen-bond acceptors (Lipinski definition) is 1. The quantitative estimate of drug-likeness (QED) is 0.821. The molecule has 0 amide bonds. The summed E-state index contributed by atoms with van der Waals surface area (Å²) in [5.74, 6) is 0. The van der Waals surface area contributed by atoms with E-state index in [0.29, 0.717) is 0 Å². The molecule has 0 fully saturated rings. The number of halogens is 3. The van der Waals surface area contributed by atoms with Crippen LogP contribution in [0.3, 0.4) is 0 Å². The summed E-state index contributed by atoms with van der Waals surface area (Å²) >= 11 is 0. The van der Waals surface area contributed by atoms with Crippen LogP contribution in [-0.2, 0) is 11.6 Å². The SMILES string of the molecule is CCC1(CC)CNc2ccc(C(F)(F)F)cc21. The fraction of sp³-hybridized carbons (Fsp3) is 0.538. The van der Waals surface area contributed by atoms with Gasteiger partial charge in [-0.3, -0.25) is 0 Å². The van der Waals surface area contributed by atoms with E-state index in [2.05, 4.69) is 5.32 Å². The van der Waals surface area contributed by atoms with Crippen molar-refractivity contribution in [2.75, 3.05) is 11.9 Å². The molecule has 2 rings (SSSR count). The summed E-state index contributed by atoms with van der Waals surface area (Å²) in [6.45, 7) is 4.79. The van der Waals surface area contributed by atoms with Crippen LogP contribution in [0, 0.1) is 0 Å². The van der Waals surface area contributed by atoms with Gasteiger partial charge in [-0.05, 0) is 36.6 Å². The van der Waals surface area contributed by atoms with Gasteiger partial charge in [0.05, 0.1) is 5.56 Å². The number of hydrogen-bond donors (Lipinski definition) is 1. The van der Waals surface area contributed by atoms with E-state index in [1.54, 1.807) is 6.07 Å². The van der Waals surface area contributed by atoms with Gasteiger partial charge >= 0.3 is 6.18 Å². The zero-order chi connectivity index (χ0) is 12.7. The van der Waals surface area contributed by atoms with Gasteiger partial charge in [-0.2, -0.15) is 13.2 Å². The van der Waals surface area contributed by atoms with Gasteiger partial charge < -0.3 is 5.32 Å². The third kappa shape index (κ3) is 1.90. The molecule has 0 aliphatic carbocycles. The van der Waals surface area contributed by atoms with Crippen molar-refractivity contribution in [3.8, 4) is 0 Å². The Morgan fingerprint density at radius 1 is 1.24 bits per heavy atom. The van der Waals surface area contributed by atoms with E-state index in [-0.39, 0.29) is 5.41 Å². The maximum absolute atomic E-state index is 12.7. The van der Waals surface area contributed by atoms with E-state index in [1.807, 2.05) is 13.8 Å². The van der Waals surface area contributed by atoms with E-state index in [9.17, 15) is 13.2 Å². The van der Waals surface area contributed by atoms with Crippen molar-refractivity contribution in [1.82, 2.24) is 0 Å². The lowest BCUT2D eigenvalue weighted by Crippen LogP contribution is -2.26. The Bertz CT molecular complexity index is 419. The molecule has 0 radical (unpaired) electrons. The van der Waals surface area contributed by atoms with Crippen LogP contribution in [0.2, 0.25) is 0 Å². The molecule has 1 aliphatic heterocycles. The highest BCUT2D eigenvalue weighted by Gasteiger charge is 2.38. The van der Waals surface area contributed by atoms with Gasteiger partial charge in [0.15, 0.2) is 0 Å². The van der Waals surface area contributed by atoms with Crippen molar-refractivity contribution in [3.05, 3.63) is 29.3 Å². The minimum absolute atomic E-state index is 0.142. The van der Waals surface area contributed by atoms with Crippen LogP contribution in [0.25, 0.3) is 0 Å². The normalized spacial score (nSPS) is 17.7. The van der Waals surface area contributed by atoms with Crippen molar-refractivity contribution >= 4 is 5.69 Å². The third-order valence-corrected chi connectivity index (χ3v) is 3.89. The summed E-state index contributed by atoms with van der Waals surface area (Å²) in [5.41, 5.74) is 0.974. The molecule has 0 atom stereocenters. The predicted octanol–water partition coefficient (Wildman–Crippen LogP) is 4.19. The van der Waals surface area contributed by atoms with Gasteiger partial charge in [0.1, 0.15) is 0 Å². The van der Waals surface area contributed by atoms with E-state index < -0.39 is 11.7 Å². The smallest absolute Gasteiger partial charge is 0.384 e. The van der Waals surface area contributed by atoms with Crippen molar-refractivity contribution in [2.24, 2.45) is 0 Å². The highest BCUT2D eigenvalue weighted by atomic mass is 19.4. The zero-order valence-corrected chi connectivity index (χ0v) is 9.99. The monoisotopic (exact) mass is 243 g/mol. The highest BCUT2D eigenvalue weighted by Crippen LogP contribution is 2.44. The van der Waals surface area contributed by atoms with Crippen molar-refractivity contribution in [3.63, 3.8) is 0 Å². The van der Waals surface area contributed by atoms with Crippen LogP contribution < -0.4 is 5.32 Å². The van der Waals surface area contributed by atoms with E-state index in [1.165, 1.54) is 6.07 Å². The number of fused-ring (bicyclic) bond motifs is 1. The molecule has 0 saturated carbocycles. The van der Waals surface area contributed by atoms with Crippen molar-refractivity contribution < 1.29 is 13.2 Å². The molecule has 1 aromatic rings. The Kier molecular flexibility index (Phi) is 2.84. The fourth-order valence-corrected chi connectivity index (χ4v) is 2.55. The lowest BCUT2D eigenvalue weighted by Gasteiger charge is -2.26. The van der Waals surface area contributed by atoms with E-state index in [0.717, 1.165) is 36.7 Å². The Morgan fingerprint density at radius 2 is 1.88 bits per heavy atom. The zero-order valence-electron chi connectivity index (χ0n) is 9.99. The molecule has 0 bridgehead atoms. The Morgan fingerprint density at radius 3 is 2.41 bits per heavy atom. The molecule has 0 aromatic heterocycles. The van der Waals surface area contributed by atoms with Crippen LogP contribution in [0.5, 0.6) is 0 Å². The molecule has 0 saturated heterocycles. The minimum Gasteiger partial charge on any atom is -0.384 e. The topological polar surface area (TPSA) is 12.0 Å². The Balaban J connectivity index is 2.51. The number of benzene rings is 1. The molecular formula is C13H16F3N. The van der Waals surface area contributed by atoms with Gasteiger partial charge in [-0.15, -0.1) is 0 Å². The second-order valence-corrected chi connectivity index (χ2v) is 4.60. The molecule has 1 N–H and O–H groups in total. The predicted molar refractivity (Wildman–Crippen MR) is 62.2 cm³/mol. The summed E-state index contributed by atoms with van der Waals surface area (Å²) in [5, 5.41) is 3.20. The molecule has 1 heterocycles. The molecular weight excluding hydrogens is 227 g/mol. The lowest BCUT2D eigenvalue weighted by molar-refractivity contribution is -0.137. The van der Waals surface area contributed by atoms with Gasteiger partial charge in [0, 0.05) is 17.6 Å². The van der Waals surface area contributed by atoms with Crippen LogP contribution in [0.1, 0.15) is 37.8 Å². The second kappa shape index (κ2) is 3.93. The number of anilines is 1. The molecule has 4 heteroatoms. The van der Waals surface area contributed by atoms with Gasteiger partial charge in [-0.25, -0.2) is 0 Å². The highest BCUT2D eigenvalue weighted by molar-refractivity contribution is 5.61. The largest absolute Gasteiger partial charge is 0.416 e. The molecule has 1 aromatic carbocycles. The standard InChI is InChI=1S/C13H16F3N/c1-3-12(4-2)8-17-11-6-5-9(7-10(11)12)13(14,15)16/h5-7,17H,3-4,8H2,1-2H3. The summed E-state index contributed by atoms with van der Waals surface area (Å²) in [7, 11) is 0. The Hall–Kier alpha value is -1.19. The van der Waals surface area contributed by atoms with Gasteiger partial charge in [0.2, 0.25) is 0 Å². The number of alkyl halides is 3. The third-order valence-electron chi connectivity index (χ3n) is 3.89. The van der Waals surface area contributed by atoms with Crippen LogP contribution >= 0.6 is 0 Å². The number of rotatable bonds is 2. The maximum atomic E-state index is 12.7. The first-order valence-electron chi connectivity index (χ1n) is 5.88. The first-order chi connectivity index (χ1) is 7.93. The van der Waals surface area contributed by atoms with Crippen LogP contribution in [0.4, 0.5) is 18.9 Å². The molecule has 1 aliphatic rings. The number of nitrogens with one attached hydrogen (secondary N) is 1. The summed E-state index contributed by atoms with van der Waals surface area (Å²) < 4.78 is 38.1. The van der Waals surface area contributed by atoms with E-state index >= 15 is 0 Å². The maximum Gasteiger partial charge on any atom is 0.416 e. The van der Waals surface area contributed by atoms with Crippen LogP contribution in [0.15, 0.2) is 18.2 Å². The summed E-state index contributed by atoms with van der Waals surface area (Å²) in [6, 6.07) is 4.00. The van der Waals surface area contributed by atoms with Crippen LogP contribution in [-0.4, -0.2) is 6.54 Å². The average molecular weight is 243 g/mol. The summed E-state index contributed by atoms with van der Waals surface area (Å²) in [4.78, 5) is 0.